The van der Waals surface area contributed by atoms with E-state index < -0.39 is 65.5 Å². The van der Waals surface area contributed by atoms with E-state index in [9.17, 15) is 40.3 Å². The lowest BCUT2D eigenvalue weighted by atomic mass is 9.79. The monoisotopic (exact) mass is 589 g/mol. The highest BCUT2D eigenvalue weighted by atomic mass is 19.4. The van der Waals surface area contributed by atoms with Crippen LogP contribution >= 0.6 is 0 Å². The first kappa shape index (κ1) is 30.6. The van der Waals surface area contributed by atoms with Crippen LogP contribution in [-0.2, 0) is 28.4 Å². The van der Waals surface area contributed by atoms with E-state index in [4.69, 9.17) is 4.74 Å². The lowest BCUT2D eigenvalue weighted by Gasteiger charge is -2.47. The number of carbonyl (C=O) groups is 2. The summed E-state index contributed by atoms with van der Waals surface area (Å²) in [5.41, 5.74) is -2.56. The molecule has 2 saturated heterocycles. The number of halogens is 7. The number of methoxy groups -OCH3 is 1. The summed E-state index contributed by atoms with van der Waals surface area (Å²) < 4.78 is 98.9. The van der Waals surface area contributed by atoms with Gasteiger partial charge in [0.1, 0.15) is 11.9 Å². The molecule has 0 aliphatic carbocycles. The Morgan fingerprint density at radius 1 is 1.05 bits per heavy atom. The number of urea groups is 1. The standard InChI is InChI=1S/C28H30F7N3O3/c1-16-10-20(29)4-5-21(16)23-14-26(7-6-22(36-26)24(39)41-3)8-9-38(23)25(40)37(2)15-17-11-18(27(30,31)32)13-19(12-17)28(33,34)35/h4-5,10-13,22-23,36H,6-9,14-15H2,1-3H3/t22-,23+,26-/m0/s1. The molecule has 6 nitrogen and oxygen atoms in total. The number of amides is 2. The molecule has 2 aromatic rings. The molecule has 0 aromatic heterocycles. The summed E-state index contributed by atoms with van der Waals surface area (Å²) >= 11 is 0. The van der Waals surface area contributed by atoms with Crippen LogP contribution in [0.1, 0.15) is 59.5 Å². The topological polar surface area (TPSA) is 61.9 Å². The average Bonchev–Trinajstić information content (AvgIpc) is 3.29. The molecule has 0 bridgehead atoms. The average molecular weight is 590 g/mol. The Labute approximate surface area is 232 Å². The first-order valence-corrected chi connectivity index (χ1v) is 12.9. The lowest BCUT2D eigenvalue weighted by Crippen LogP contribution is -2.56. The third-order valence-corrected chi connectivity index (χ3v) is 7.90. The second-order valence-electron chi connectivity index (χ2n) is 10.8. The molecule has 0 unspecified atom stereocenters. The van der Waals surface area contributed by atoms with Gasteiger partial charge in [0, 0.05) is 25.7 Å². The summed E-state index contributed by atoms with van der Waals surface area (Å²) in [5, 5.41) is 3.34. The number of likely N-dealkylation sites (tertiary alicyclic amines) is 1. The largest absolute Gasteiger partial charge is 0.468 e. The summed E-state index contributed by atoms with van der Waals surface area (Å²) in [7, 11) is 2.59. The number of aryl methyl sites for hydroxylation is 1. The minimum Gasteiger partial charge on any atom is -0.468 e. The van der Waals surface area contributed by atoms with Gasteiger partial charge in [-0.25, -0.2) is 9.18 Å². The molecule has 0 radical (unpaired) electrons. The Balaban J connectivity index is 1.63. The van der Waals surface area contributed by atoms with Crippen LogP contribution in [0.25, 0.3) is 0 Å². The molecule has 0 saturated carbocycles. The molecule has 1 N–H and O–H groups in total. The first-order valence-electron chi connectivity index (χ1n) is 12.9. The number of hydrogen-bond donors (Lipinski definition) is 1. The molecule has 2 amide bonds. The smallest absolute Gasteiger partial charge is 0.416 e. The van der Waals surface area contributed by atoms with Crippen molar-refractivity contribution in [2.24, 2.45) is 0 Å². The van der Waals surface area contributed by atoms with Gasteiger partial charge in [0.25, 0.3) is 0 Å². The van der Waals surface area contributed by atoms with E-state index in [2.05, 4.69) is 5.32 Å². The Morgan fingerprint density at radius 3 is 2.24 bits per heavy atom. The fourth-order valence-electron chi connectivity index (χ4n) is 5.88. The Hall–Kier alpha value is -3.35. The van der Waals surface area contributed by atoms with Crippen molar-refractivity contribution >= 4 is 12.0 Å². The third kappa shape index (κ3) is 6.60. The zero-order valence-electron chi connectivity index (χ0n) is 22.6. The van der Waals surface area contributed by atoms with Crippen LogP contribution in [0.15, 0.2) is 36.4 Å². The molecule has 13 heteroatoms. The van der Waals surface area contributed by atoms with Crippen molar-refractivity contribution in [3.8, 4) is 0 Å². The summed E-state index contributed by atoms with van der Waals surface area (Å²) in [6, 6.07) is 3.65. The molecule has 2 aliphatic rings. The van der Waals surface area contributed by atoms with Crippen molar-refractivity contribution in [1.82, 2.24) is 15.1 Å². The number of carbonyl (C=O) groups excluding carboxylic acids is 2. The van der Waals surface area contributed by atoms with Gasteiger partial charge < -0.3 is 14.5 Å². The minimum absolute atomic E-state index is 0.0406. The zero-order chi connectivity index (χ0) is 30.3. The molecule has 2 fully saturated rings. The molecular formula is C28H30F7N3O3. The van der Waals surface area contributed by atoms with E-state index in [-0.39, 0.29) is 18.2 Å². The van der Waals surface area contributed by atoms with Gasteiger partial charge in [0.2, 0.25) is 0 Å². The second kappa shape index (κ2) is 11.1. The lowest BCUT2D eigenvalue weighted by molar-refractivity contribution is -0.144. The first-order chi connectivity index (χ1) is 19.0. The van der Waals surface area contributed by atoms with Crippen molar-refractivity contribution in [2.45, 2.75) is 69.1 Å². The number of nitrogens with zero attached hydrogens (tertiary/aromatic N) is 2. The zero-order valence-corrected chi connectivity index (χ0v) is 22.6. The van der Waals surface area contributed by atoms with Crippen LogP contribution in [0, 0.1) is 12.7 Å². The molecule has 2 aliphatic heterocycles. The summed E-state index contributed by atoms with van der Waals surface area (Å²) in [6.07, 6.45) is -8.09. The fraction of sp³-hybridized carbons (Fsp3) is 0.500. The minimum atomic E-state index is -5.01. The van der Waals surface area contributed by atoms with Gasteiger partial charge in [-0.2, -0.15) is 26.3 Å². The SMILES string of the molecule is COC(=O)[C@@H]1CC[C@@]2(CCN(C(=O)N(C)Cc3cc(C(F)(F)F)cc(C(F)(F)F)c3)[C@@H](c3ccc(F)cc3C)C2)N1. The van der Waals surface area contributed by atoms with Crippen molar-refractivity contribution in [2.75, 3.05) is 20.7 Å². The van der Waals surface area contributed by atoms with Gasteiger partial charge in [-0.15, -0.1) is 0 Å². The van der Waals surface area contributed by atoms with Crippen LogP contribution in [0.5, 0.6) is 0 Å². The van der Waals surface area contributed by atoms with E-state index in [1.165, 1.54) is 31.2 Å². The van der Waals surface area contributed by atoms with Crippen molar-refractivity contribution in [3.63, 3.8) is 0 Å². The van der Waals surface area contributed by atoms with Crippen molar-refractivity contribution in [1.29, 1.82) is 0 Å². The molecule has 4 rings (SSSR count). The van der Waals surface area contributed by atoms with Crippen LogP contribution in [-0.4, -0.2) is 54.1 Å². The Bertz CT molecular complexity index is 1280. The van der Waals surface area contributed by atoms with E-state index in [0.717, 1.165) is 4.90 Å². The Kier molecular flexibility index (Phi) is 8.32. The van der Waals surface area contributed by atoms with E-state index in [1.54, 1.807) is 13.0 Å². The maximum Gasteiger partial charge on any atom is 0.416 e. The molecule has 2 aromatic carbocycles. The third-order valence-electron chi connectivity index (χ3n) is 7.90. The summed E-state index contributed by atoms with van der Waals surface area (Å²) in [6.45, 7) is 1.36. The van der Waals surface area contributed by atoms with Gasteiger partial charge in [-0.05, 0) is 79.6 Å². The number of hydrogen-bond acceptors (Lipinski definition) is 4. The Morgan fingerprint density at radius 2 is 1.68 bits per heavy atom. The molecule has 2 heterocycles. The molecule has 1 spiro atoms. The van der Waals surface area contributed by atoms with Crippen LogP contribution in [0.3, 0.4) is 0 Å². The number of nitrogens with one attached hydrogen (secondary N) is 1. The van der Waals surface area contributed by atoms with Gasteiger partial charge >= 0.3 is 24.4 Å². The quantitative estimate of drug-likeness (QED) is 0.340. The summed E-state index contributed by atoms with van der Waals surface area (Å²) in [5.74, 6) is -0.879. The molecule has 224 valence electrons. The van der Waals surface area contributed by atoms with Crippen molar-refractivity contribution < 1.29 is 45.1 Å². The van der Waals surface area contributed by atoms with E-state index in [0.29, 0.717) is 48.9 Å². The van der Waals surface area contributed by atoms with Crippen LogP contribution < -0.4 is 5.32 Å². The van der Waals surface area contributed by atoms with E-state index >= 15 is 0 Å². The van der Waals surface area contributed by atoms with Gasteiger partial charge in [0.15, 0.2) is 0 Å². The maximum atomic E-state index is 13.9. The van der Waals surface area contributed by atoms with Crippen LogP contribution in [0.4, 0.5) is 35.5 Å². The summed E-state index contributed by atoms with van der Waals surface area (Å²) in [4.78, 5) is 28.4. The fourth-order valence-corrected chi connectivity index (χ4v) is 5.88. The number of benzene rings is 2. The number of alkyl halides is 6. The highest BCUT2D eigenvalue weighted by Gasteiger charge is 2.48. The predicted molar refractivity (Wildman–Crippen MR) is 134 cm³/mol. The number of rotatable bonds is 4. The maximum absolute atomic E-state index is 13.9. The highest BCUT2D eigenvalue weighted by molar-refractivity contribution is 5.77. The highest BCUT2D eigenvalue weighted by Crippen LogP contribution is 2.44. The number of ether oxygens (including phenoxy) is 1. The normalized spacial score (nSPS) is 23.1. The second-order valence-corrected chi connectivity index (χ2v) is 10.8. The van der Waals surface area contributed by atoms with Gasteiger partial charge in [0.05, 0.1) is 24.3 Å². The molecule has 41 heavy (non-hydrogen) atoms. The molecule has 3 atom stereocenters. The van der Waals surface area contributed by atoms with E-state index in [1.807, 2.05) is 0 Å². The van der Waals surface area contributed by atoms with Gasteiger partial charge in [-0.3, -0.25) is 10.1 Å². The van der Waals surface area contributed by atoms with Gasteiger partial charge in [-0.1, -0.05) is 6.07 Å². The van der Waals surface area contributed by atoms with Crippen molar-refractivity contribution in [3.05, 3.63) is 70.0 Å². The van der Waals surface area contributed by atoms with Crippen LogP contribution in [0.2, 0.25) is 0 Å². The predicted octanol–water partition coefficient (Wildman–Crippen LogP) is 6.22. The number of esters is 1. The molecular weight excluding hydrogens is 559 g/mol. The number of piperidine rings is 1.